The number of nitrogens with zero attached hydrogens (tertiary/aromatic N) is 1. The molecule has 0 heterocycles. The van der Waals surface area contributed by atoms with E-state index in [4.69, 9.17) is 10.5 Å². The van der Waals surface area contributed by atoms with Crippen molar-refractivity contribution in [3.63, 3.8) is 0 Å². The fourth-order valence-corrected chi connectivity index (χ4v) is 4.24. The molecule has 2 aromatic carbocycles. The fourth-order valence-electron chi connectivity index (χ4n) is 4.24. The first-order valence-corrected chi connectivity index (χ1v) is 12.5. The Morgan fingerprint density at radius 1 is 1.08 bits per heavy atom. The molecule has 0 aliphatic heterocycles. The van der Waals surface area contributed by atoms with E-state index < -0.39 is 47.9 Å². The zero-order chi connectivity index (χ0) is 28.2. The topological polar surface area (TPSA) is 151 Å². The molecule has 0 spiro atoms. The van der Waals surface area contributed by atoms with E-state index >= 15 is 0 Å². The van der Waals surface area contributed by atoms with Crippen LogP contribution in [0.25, 0.3) is 0 Å². The van der Waals surface area contributed by atoms with E-state index in [9.17, 15) is 24.3 Å². The summed E-state index contributed by atoms with van der Waals surface area (Å²) in [4.78, 5) is 53.6. The number of carbonyl (C=O) groups is 4. The summed E-state index contributed by atoms with van der Waals surface area (Å²) in [5, 5.41) is 15.6. The third-order valence-electron chi connectivity index (χ3n) is 6.03. The minimum absolute atomic E-state index is 0.0730. The van der Waals surface area contributed by atoms with E-state index in [1.807, 2.05) is 32.0 Å². The molecule has 1 aliphatic rings. The van der Waals surface area contributed by atoms with Crippen molar-refractivity contribution in [1.29, 1.82) is 0 Å². The number of phenolic OH excluding ortho intramolecular Hbond substituents is 1. The van der Waals surface area contributed by atoms with Crippen LogP contribution < -0.4 is 16.4 Å². The monoisotopic (exact) mass is 524 g/mol. The number of carbonyl (C=O) groups excluding carboxylic acids is 4. The van der Waals surface area contributed by atoms with Crippen LogP contribution in [0.5, 0.6) is 5.75 Å². The third kappa shape index (κ3) is 7.47. The van der Waals surface area contributed by atoms with Gasteiger partial charge in [-0.25, -0.2) is 4.79 Å². The van der Waals surface area contributed by atoms with Gasteiger partial charge in [-0.1, -0.05) is 30.3 Å². The second-order valence-corrected chi connectivity index (χ2v) is 10.6. The van der Waals surface area contributed by atoms with Crippen molar-refractivity contribution < 1.29 is 29.0 Å². The predicted molar refractivity (Wildman–Crippen MR) is 142 cm³/mol. The maximum absolute atomic E-state index is 14.0. The lowest BCUT2D eigenvalue weighted by Crippen LogP contribution is -2.54. The number of ether oxygens (including phenoxy) is 1. The van der Waals surface area contributed by atoms with Crippen LogP contribution in [0.1, 0.15) is 62.8 Å². The number of para-hydroxylation sites is 1. The Morgan fingerprint density at radius 2 is 1.68 bits per heavy atom. The molecule has 0 saturated heterocycles. The first kappa shape index (κ1) is 28.5. The zero-order valence-corrected chi connectivity index (χ0v) is 22.4. The zero-order valence-electron chi connectivity index (χ0n) is 22.4. The smallest absolute Gasteiger partial charge is 0.408 e. The average Bonchev–Trinajstić information content (AvgIpc) is 3.62. The second kappa shape index (κ2) is 11.5. The van der Waals surface area contributed by atoms with Crippen LogP contribution in [0.2, 0.25) is 0 Å². The number of alkyl carbamates (subject to hydrolysis) is 1. The summed E-state index contributed by atoms with van der Waals surface area (Å²) in [5.74, 6) is -2.02. The molecule has 10 heteroatoms. The van der Waals surface area contributed by atoms with Crippen LogP contribution in [0, 0.1) is 13.8 Å². The number of primary amides is 1. The van der Waals surface area contributed by atoms with E-state index in [2.05, 4.69) is 10.6 Å². The molecule has 0 radical (unpaired) electrons. The number of phenols is 1. The van der Waals surface area contributed by atoms with Gasteiger partial charge in [0.2, 0.25) is 11.8 Å². The summed E-state index contributed by atoms with van der Waals surface area (Å²) in [7, 11) is 0. The largest absolute Gasteiger partial charge is 0.508 e. The van der Waals surface area contributed by atoms with Gasteiger partial charge in [-0.05, 0) is 76.3 Å². The van der Waals surface area contributed by atoms with Gasteiger partial charge in [0, 0.05) is 11.7 Å². The highest BCUT2D eigenvalue weighted by Crippen LogP contribution is 2.37. The molecule has 0 aromatic heterocycles. The van der Waals surface area contributed by atoms with Gasteiger partial charge >= 0.3 is 6.09 Å². The van der Waals surface area contributed by atoms with Crippen molar-refractivity contribution >= 4 is 29.5 Å². The average molecular weight is 525 g/mol. The molecule has 38 heavy (non-hydrogen) atoms. The first-order valence-electron chi connectivity index (χ1n) is 12.5. The molecule has 204 valence electrons. The minimum atomic E-state index is -1.35. The lowest BCUT2D eigenvalue weighted by atomic mass is 10.0. The number of anilines is 1. The number of rotatable bonds is 9. The molecule has 2 atom stereocenters. The Hall–Kier alpha value is -4.08. The SMILES string of the molecule is Cc1cccc(C)c1NC(=O)C(c1cccc(O)c1)N(C(=O)C(CC(N)=O)NC(=O)OC(C)(C)C)C1CC1. The Labute approximate surface area is 222 Å². The van der Waals surface area contributed by atoms with Crippen LogP contribution in [0.15, 0.2) is 42.5 Å². The normalized spacial score (nSPS) is 14.7. The number of aryl methyl sites for hydroxylation is 2. The quantitative estimate of drug-likeness (QED) is 0.394. The highest BCUT2D eigenvalue weighted by molar-refractivity contribution is 6.00. The first-order chi connectivity index (χ1) is 17.8. The summed E-state index contributed by atoms with van der Waals surface area (Å²) in [6, 6.07) is 8.90. The molecule has 2 unspecified atom stereocenters. The van der Waals surface area contributed by atoms with Crippen molar-refractivity contribution in [1.82, 2.24) is 10.2 Å². The Balaban J connectivity index is 2.02. The van der Waals surface area contributed by atoms with Crippen LogP contribution >= 0.6 is 0 Å². The molecule has 4 amide bonds. The van der Waals surface area contributed by atoms with Crippen LogP contribution in [-0.2, 0) is 19.1 Å². The number of amides is 4. The van der Waals surface area contributed by atoms with Crippen molar-refractivity contribution in [2.75, 3.05) is 5.32 Å². The van der Waals surface area contributed by atoms with E-state index in [1.54, 1.807) is 32.9 Å². The summed E-state index contributed by atoms with van der Waals surface area (Å²) >= 11 is 0. The number of nitrogens with one attached hydrogen (secondary N) is 2. The Kier molecular flexibility index (Phi) is 8.65. The maximum Gasteiger partial charge on any atom is 0.408 e. The molecule has 10 nitrogen and oxygen atoms in total. The van der Waals surface area contributed by atoms with E-state index in [0.717, 1.165) is 11.1 Å². The molecule has 1 saturated carbocycles. The van der Waals surface area contributed by atoms with Crippen molar-refractivity contribution in [3.8, 4) is 5.75 Å². The molecule has 3 rings (SSSR count). The summed E-state index contributed by atoms with van der Waals surface area (Å²) in [6.07, 6.45) is -0.102. The van der Waals surface area contributed by atoms with Crippen LogP contribution in [0.3, 0.4) is 0 Å². The number of benzene rings is 2. The second-order valence-electron chi connectivity index (χ2n) is 10.6. The van der Waals surface area contributed by atoms with E-state index in [1.165, 1.54) is 17.0 Å². The van der Waals surface area contributed by atoms with Gasteiger partial charge in [0.1, 0.15) is 23.4 Å². The van der Waals surface area contributed by atoms with Gasteiger partial charge in [0.05, 0.1) is 6.42 Å². The van der Waals surface area contributed by atoms with Gasteiger partial charge < -0.3 is 31.1 Å². The molecule has 1 aliphatic carbocycles. The fraction of sp³-hybridized carbons (Fsp3) is 0.429. The lowest BCUT2D eigenvalue weighted by Gasteiger charge is -2.34. The Morgan fingerprint density at radius 3 is 2.21 bits per heavy atom. The molecule has 0 bridgehead atoms. The van der Waals surface area contributed by atoms with Crippen LogP contribution in [-0.4, -0.2) is 51.5 Å². The maximum atomic E-state index is 14.0. The highest BCUT2D eigenvalue weighted by atomic mass is 16.6. The predicted octanol–water partition coefficient (Wildman–Crippen LogP) is 3.45. The van der Waals surface area contributed by atoms with Crippen molar-refractivity contribution in [3.05, 3.63) is 59.2 Å². The van der Waals surface area contributed by atoms with E-state index in [0.29, 0.717) is 24.1 Å². The molecule has 1 fully saturated rings. The molecular weight excluding hydrogens is 488 g/mol. The third-order valence-corrected chi connectivity index (χ3v) is 6.03. The summed E-state index contributed by atoms with van der Waals surface area (Å²) in [5.41, 5.74) is 7.26. The molecule has 2 aromatic rings. The minimum Gasteiger partial charge on any atom is -0.508 e. The summed E-state index contributed by atoms with van der Waals surface area (Å²) in [6.45, 7) is 8.74. The number of hydrogen-bond donors (Lipinski definition) is 4. The summed E-state index contributed by atoms with van der Waals surface area (Å²) < 4.78 is 5.28. The number of aromatic hydroxyl groups is 1. The van der Waals surface area contributed by atoms with Gasteiger partial charge in [-0.2, -0.15) is 0 Å². The molecule has 5 N–H and O–H groups in total. The van der Waals surface area contributed by atoms with Gasteiger partial charge in [-0.3, -0.25) is 14.4 Å². The van der Waals surface area contributed by atoms with Gasteiger partial charge in [0.25, 0.3) is 5.91 Å². The highest BCUT2D eigenvalue weighted by Gasteiger charge is 2.44. The van der Waals surface area contributed by atoms with Crippen molar-refractivity contribution in [2.45, 2.75) is 77.6 Å². The lowest BCUT2D eigenvalue weighted by molar-refractivity contribution is -0.142. The Bertz CT molecular complexity index is 1200. The number of hydrogen-bond acceptors (Lipinski definition) is 6. The van der Waals surface area contributed by atoms with Gasteiger partial charge in [-0.15, -0.1) is 0 Å². The molecular formula is C28H36N4O6. The standard InChI is InChI=1S/C28H36N4O6/c1-16-8-6-9-17(2)23(16)31-25(35)24(18-10-7-11-20(33)14-18)32(19-12-13-19)26(36)21(15-22(29)34)30-27(37)38-28(3,4)5/h6-11,14,19,21,24,33H,12-13,15H2,1-5H3,(H2,29,34)(H,30,37)(H,31,35). The van der Waals surface area contributed by atoms with Crippen molar-refractivity contribution in [2.24, 2.45) is 5.73 Å². The van der Waals surface area contributed by atoms with Crippen LogP contribution in [0.4, 0.5) is 10.5 Å². The van der Waals surface area contributed by atoms with Gasteiger partial charge in [0.15, 0.2) is 0 Å². The number of nitrogens with two attached hydrogens (primary N) is 1. The van der Waals surface area contributed by atoms with E-state index in [-0.39, 0.29) is 11.8 Å².